The van der Waals surface area contributed by atoms with Crippen molar-refractivity contribution in [2.75, 3.05) is 52.4 Å². The molecule has 3 heterocycles. The molecule has 4 nitrogen and oxygen atoms in total. The zero-order chi connectivity index (χ0) is 14.7. The maximum atomic E-state index is 6.04. The maximum Gasteiger partial charge on any atom is 0.0829 e. The van der Waals surface area contributed by atoms with Crippen LogP contribution >= 0.6 is 0 Å². The molecule has 21 heavy (non-hydrogen) atoms. The Balaban J connectivity index is 1.52. The van der Waals surface area contributed by atoms with Gasteiger partial charge in [-0.05, 0) is 58.0 Å². The van der Waals surface area contributed by atoms with Gasteiger partial charge in [0.05, 0.1) is 12.7 Å². The smallest absolute Gasteiger partial charge is 0.0829 e. The lowest BCUT2D eigenvalue weighted by molar-refractivity contribution is -0.0624. The Bertz CT molecular complexity index is 322. The molecule has 0 amide bonds. The molecule has 0 aromatic heterocycles. The maximum absolute atomic E-state index is 6.04. The second kappa shape index (κ2) is 6.95. The number of hydrogen-bond donors (Lipinski definition) is 1. The van der Waals surface area contributed by atoms with Crippen LogP contribution in [0.4, 0.5) is 0 Å². The third-order valence-corrected chi connectivity index (χ3v) is 5.66. The lowest BCUT2D eigenvalue weighted by Crippen LogP contribution is -2.55. The summed E-state index contributed by atoms with van der Waals surface area (Å²) in [4.78, 5) is 5.25. The fourth-order valence-corrected chi connectivity index (χ4v) is 4.45. The molecule has 1 N–H and O–H groups in total. The van der Waals surface area contributed by atoms with Crippen LogP contribution in [0.25, 0.3) is 0 Å². The predicted octanol–water partition coefficient (Wildman–Crippen LogP) is 1.56. The Kier molecular flexibility index (Phi) is 5.20. The summed E-state index contributed by atoms with van der Waals surface area (Å²) in [6, 6.07) is 0.645. The van der Waals surface area contributed by atoms with E-state index >= 15 is 0 Å². The van der Waals surface area contributed by atoms with Crippen molar-refractivity contribution in [3.63, 3.8) is 0 Å². The summed E-state index contributed by atoms with van der Waals surface area (Å²) in [5, 5.41) is 3.63. The summed E-state index contributed by atoms with van der Waals surface area (Å²) in [5.74, 6) is 0. The molecule has 1 spiro atoms. The second-order valence-corrected chi connectivity index (χ2v) is 7.70. The summed E-state index contributed by atoms with van der Waals surface area (Å²) >= 11 is 0. The number of likely N-dealkylation sites (tertiary alicyclic amines) is 1. The van der Waals surface area contributed by atoms with Crippen molar-refractivity contribution < 1.29 is 4.74 Å². The van der Waals surface area contributed by atoms with E-state index in [9.17, 15) is 0 Å². The molecule has 122 valence electrons. The minimum absolute atomic E-state index is 0.410. The van der Waals surface area contributed by atoms with Crippen molar-refractivity contribution in [2.24, 2.45) is 5.41 Å². The van der Waals surface area contributed by atoms with Crippen molar-refractivity contribution in [2.45, 2.75) is 51.7 Å². The predicted molar refractivity (Wildman–Crippen MR) is 86.7 cm³/mol. The summed E-state index contributed by atoms with van der Waals surface area (Å²) in [7, 11) is 0. The van der Waals surface area contributed by atoms with Crippen molar-refractivity contribution in [3.8, 4) is 0 Å². The molecule has 0 aliphatic carbocycles. The minimum Gasteiger partial charge on any atom is -0.374 e. The standard InChI is InChI=1S/C17H33N3O/c1-15(2)20-9-10-21-16(12-20)11-19-8-4-6-17(14-19)5-3-7-18-13-17/h15-16,18H,3-14H2,1-2H3. The molecule has 0 radical (unpaired) electrons. The first-order valence-electron chi connectivity index (χ1n) is 8.96. The molecular weight excluding hydrogens is 262 g/mol. The number of nitrogens with zero attached hydrogens (tertiary/aromatic N) is 2. The Hall–Kier alpha value is -0.160. The Labute approximate surface area is 130 Å². The Morgan fingerprint density at radius 2 is 2.10 bits per heavy atom. The monoisotopic (exact) mass is 295 g/mol. The van der Waals surface area contributed by atoms with Gasteiger partial charge >= 0.3 is 0 Å². The molecule has 0 aromatic rings. The number of ether oxygens (including phenoxy) is 1. The average molecular weight is 295 g/mol. The van der Waals surface area contributed by atoms with Crippen LogP contribution < -0.4 is 5.32 Å². The van der Waals surface area contributed by atoms with Crippen LogP contribution in [0.1, 0.15) is 39.5 Å². The van der Waals surface area contributed by atoms with Crippen LogP contribution in [-0.2, 0) is 4.74 Å². The average Bonchev–Trinajstić information content (AvgIpc) is 2.48. The van der Waals surface area contributed by atoms with Gasteiger partial charge in [-0.1, -0.05) is 0 Å². The van der Waals surface area contributed by atoms with Gasteiger partial charge in [-0.2, -0.15) is 0 Å². The fourth-order valence-electron chi connectivity index (χ4n) is 4.45. The highest BCUT2D eigenvalue weighted by atomic mass is 16.5. The van der Waals surface area contributed by atoms with Gasteiger partial charge in [-0.3, -0.25) is 4.90 Å². The normalized spacial score (nSPS) is 36.4. The van der Waals surface area contributed by atoms with Gasteiger partial charge in [0.2, 0.25) is 0 Å². The molecule has 3 aliphatic heterocycles. The van der Waals surface area contributed by atoms with Crippen molar-refractivity contribution >= 4 is 0 Å². The number of morpholine rings is 1. The Morgan fingerprint density at radius 1 is 1.24 bits per heavy atom. The third-order valence-electron chi connectivity index (χ3n) is 5.66. The SMILES string of the molecule is CC(C)N1CCOC(CN2CCCC3(CCCNC3)C2)C1. The third kappa shape index (κ3) is 3.98. The molecule has 3 aliphatic rings. The van der Waals surface area contributed by atoms with Crippen LogP contribution in [0.3, 0.4) is 0 Å². The molecule has 0 saturated carbocycles. The lowest BCUT2D eigenvalue weighted by Gasteiger charge is -2.47. The minimum atomic E-state index is 0.410. The molecule has 3 saturated heterocycles. The second-order valence-electron chi connectivity index (χ2n) is 7.70. The first-order chi connectivity index (χ1) is 10.2. The number of rotatable bonds is 3. The highest BCUT2D eigenvalue weighted by Crippen LogP contribution is 2.36. The summed E-state index contributed by atoms with van der Waals surface area (Å²) in [6.45, 7) is 13.8. The van der Waals surface area contributed by atoms with Crippen LogP contribution in [0.2, 0.25) is 0 Å². The molecule has 2 unspecified atom stereocenters. The van der Waals surface area contributed by atoms with E-state index in [0.717, 1.165) is 26.2 Å². The summed E-state index contributed by atoms with van der Waals surface area (Å²) < 4.78 is 6.04. The molecular formula is C17H33N3O. The van der Waals surface area contributed by atoms with Gasteiger partial charge < -0.3 is 15.0 Å². The van der Waals surface area contributed by atoms with Crippen LogP contribution in [0.15, 0.2) is 0 Å². The van der Waals surface area contributed by atoms with E-state index in [0.29, 0.717) is 17.6 Å². The molecule has 2 atom stereocenters. The van der Waals surface area contributed by atoms with E-state index < -0.39 is 0 Å². The number of nitrogens with one attached hydrogen (secondary N) is 1. The summed E-state index contributed by atoms with van der Waals surface area (Å²) in [5.41, 5.74) is 0.558. The van der Waals surface area contributed by atoms with Crippen molar-refractivity contribution in [1.29, 1.82) is 0 Å². The quantitative estimate of drug-likeness (QED) is 0.855. The van der Waals surface area contributed by atoms with Gasteiger partial charge in [-0.25, -0.2) is 0 Å². The van der Waals surface area contributed by atoms with E-state index in [1.54, 1.807) is 0 Å². The van der Waals surface area contributed by atoms with Gasteiger partial charge in [0, 0.05) is 38.8 Å². The van der Waals surface area contributed by atoms with Gasteiger partial charge in [0.25, 0.3) is 0 Å². The van der Waals surface area contributed by atoms with Crippen molar-refractivity contribution in [1.82, 2.24) is 15.1 Å². The van der Waals surface area contributed by atoms with E-state index in [-0.39, 0.29) is 0 Å². The van der Waals surface area contributed by atoms with E-state index in [2.05, 4.69) is 29.0 Å². The number of hydrogen-bond acceptors (Lipinski definition) is 4. The Morgan fingerprint density at radius 3 is 2.86 bits per heavy atom. The largest absolute Gasteiger partial charge is 0.374 e. The van der Waals surface area contributed by atoms with Crippen molar-refractivity contribution in [3.05, 3.63) is 0 Å². The fraction of sp³-hybridized carbons (Fsp3) is 1.00. The zero-order valence-corrected chi connectivity index (χ0v) is 13.9. The molecule has 0 aromatic carbocycles. The molecule has 0 bridgehead atoms. The van der Waals surface area contributed by atoms with Crippen LogP contribution in [-0.4, -0.2) is 74.4 Å². The lowest BCUT2D eigenvalue weighted by atomic mass is 9.74. The first-order valence-corrected chi connectivity index (χ1v) is 8.96. The summed E-state index contributed by atoms with van der Waals surface area (Å²) in [6.07, 6.45) is 5.96. The van der Waals surface area contributed by atoms with Gasteiger partial charge in [-0.15, -0.1) is 0 Å². The molecule has 3 rings (SSSR count). The highest BCUT2D eigenvalue weighted by Gasteiger charge is 2.37. The van der Waals surface area contributed by atoms with Gasteiger partial charge in [0.1, 0.15) is 0 Å². The van der Waals surface area contributed by atoms with E-state index in [1.165, 1.54) is 51.9 Å². The van der Waals surface area contributed by atoms with Gasteiger partial charge in [0.15, 0.2) is 0 Å². The highest BCUT2D eigenvalue weighted by molar-refractivity contribution is 4.92. The van der Waals surface area contributed by atoms with Crippen LogP contribution in [0, 0.1) is 5.41 Å². The molecule has 3 fully saturated rings. The van der Waals surface area contributed by atoms with E-state index in [4.69, 9.17) is 4.74 Å². The topological polar surface area (TPSA) is 27.7 Å². The van der Waals surface area contributed by atoms with E-state index in [1.807, 2.05) is 0 Å². The number of piperidine rings is 2. The van der Waals surface area contributed by atoms with Crippen LogP contribution in [0.5, 0.6) is 0 Å². The molecule has 4 heteroatoms. The first kappa shape index (κ1) is 15.7. The zero-order valence-electron chi connectivity index (χ0n) is 13.9.